The molecular weight excluding hydrogens is 402 g/mol. The van der Waals surface area contributed by atoms with Crippen LogP contribution in [0.15, 0.2) is 66.1 Å². The molecule has 9 heteroatoms. The van der Waals surface area contributed by atoms with Gasteiger partial charge in [-0.25, -0.2) is 4.98 Å². The number of hydrogen-bond acceptors (Lipinski definition) is 5. The minimum Gasteiger partial charge on any atom is -0.370 e. The number of imidazole rings is 1. The van der Waals surface area contributed by atoms with E-state index in [2.05, 4.69) is 15.6 Å². The van der Waals surface area contributed by atoms with E-state index in [0.717, 1.165) is 10.8 Å². The minimum absolute atomic E-state index is 0.0410. The van der Waals surface area contributed by atoms with Gasteiger partial charge in [-0.3, -0.25) is 19.0 Å². The molecule has 1 aromatic heterocycles. The number of aromatic nitrogens is 2. The average Bonchev–Trinajstić information content (AvgIpc) is 3.23. The second kappa shape index (κ2) is 9.75. The maximum Gasteiger partial charge on any atom is 0.255 e. The lowest BCUT2D eigenvalue weighted by Gasteiger charge is -2.12. The lowest BCUT2D eigenvalue weighted by Crippen LogP contribution is -2.28. The number of nitrogens with one attached hydrogen (secondary N) is 2. The molecule has 30 heavy (non-hydrogen) atoms. The smallest absolute Gasteiger partial charge is 0.255 e. The first-order valence-electron chi connectivity index (χ1n) is 9.14. The van der Waals surface area contributed by atoms with Crippen molar-refractivity contribution in [2.45, 2.75) is 11.6 Å². The van der Waals surface area contributed by atoms with Crippen LogP contribution in [0.1, 0.15) is 27.1 Å². The molecule has 0 bridgehead atoms. The Morgan fingerprint density at radius 1 is 1.10 bits per heavy atom. The molecule has 0 spiro atoms. The van der Waals surface area contributed by atoms with Crippen molar-refractivity contribution >= 4 is 35.2 Å². The Balaban J connectivity index is 1.78. The summed E-state index contributed by atoms with van der Waals surface area (Å²) in [6, 6.07) is 13.8. The van der Waals surface area contributed by atoms with E-state index in [1.54, 1.807) is 48.7 Å². The van der Waals surface area contributed by atoms with Gasteiger partial charge in [-0.15, -0.1) is 0 Å². The van der Waals surface area contributed by atoms with Crippen molar-refractivity contribution in [3.63, 3.8) is 0 Å². The summed E-state index contributed by atoms with van der Waals surface area (Å²) in [5.74, 6) is -1.25. The molecule has 0 fully saturated rings. The topological polar surface area (TPSA) is 119 Å². The third-order valence-electron chi connectivity index (χ3n) is 4.25. The van der Waals surface area contributed by atoms with E-state index in [1.807, 2.05) is 23.1 Å². The molecule has 8 nitrogen and oxygen atoms in total. The SMILES string of the molecule is CSc1nccn1-c1cccc(C(=O)Nc2ccccc2C(=O)NCCC(N)=O)c1. The van der Waals surface area contributed by atoms with Crippen molar-refractivity contribution in [3.05, 3.63) is 72.1 Å². The highest BCUT2D eigenvalue weighted by atomic mass is 32.2. The van der Waals surface area contributed by atoms with Crippen LogP contribution in [-0.2, 0) is 4.79 Å². The van der Waals surface area contributed by atoms with Crippen LogP contribution in [0.4, 0.5) is 5.69 Å². The molecule has 0 aliphatic carbocycles. The van der Waals surface area contributed by atoms with E-state index >= 15 is 0 Å². The predicted octanol–water partition coefficient (Wildman–Crippen LogP) is 2.45. The van der Waals surface area contributed by atoms with E-state index in [-0.39, 0.29) is 18.9 Å². The highest BCUT2D eigenvalue weighted by Gasteiger charge is 2.15. The number of anilines is 1. The molecule has 0 saturated carbocycles. The summed E-state index contributed by atoms with van der Waals surface area (Å²) in [7, 11) is 0. The molecular formula is C21H21N5O3S. The lowest BCUT2D eigenvalue weighted by molar-refractivity contribution is -0.117. The van der Waals surface area contributed by atoms with Crippen molar-refractivity contribution in [2.24, 2.45) is 5.73 Å². The quantitative estimate of drug-likeness (QED) is 0.481. The maximum absolute atomic E-state index is 12.8. The fraction of sp³-hybridized carbons (Fsp3) is 0.143. The van der Waals surface area contributed by atoms with Crippen LogP contribution in [-0.4, -0.2) is 40.1 Å². The molecule has 3 aromatic rings. The Hall–Kier alpha value is -3.59. The van der Waals surface area contributed by atoms with Gasteiger partial charge in [0.1, 0.15) is 0 Å². The number of thioether (sulfide) groups is 1. The van der Waals surface area contributed by atoms with Gasteiger partial charge in [-0.1, -0.05) is 30.0 Å². The monoisotopic (exact) mass is 423 g/mol. The van der Waals surface area contributed by atoms with E-state index in [9.17, 15) is 14.4 Å². The van der Waals surface area contributed by atoms with Gasteiger partial charge >= 0.3 is 0 Å². The number of primary amides is 1. The number of amides is 3. The maximum atomic E-state index is 12.8. The summed E-state index contributed by atoms with van der Waals surface area (Å²) in [5.41, 5.74) is 7.01. The van der Waals surface area contributed by atoms with Crippen LogP contribution in [0, 0.1) is 0 Å². The van der Waals surface area contributed by atoms with Crippen LogP contribution in [0.5, 0.6) is 0 Å². The van der Waals surface area contributed by atoms with Crippen LogP contribution in [0.3, 0.4) is 0 Å². The molecule has 0 aliphatic heterocycles. The number of hydrogen-bond donors (Lipinski definition) is 3. The highest BCUT2D eigenvalue weighted by molar-refractivity contribution is 7.98. The predicted molar refractivity (Wildman–Crippen MR) is 116 cm³/mol. The Kier molecular flexibility index (Phi) is 6.87. The number of nitrogens with two attached hydrogens (primary N) is 1. The zero-order valence-corrected chi connectivity index (χ0v) is 17.1. The Morgan fingerprint density at radius 3 is 2.67 bits per heavy atom. The molecule has 0 radical (unpaired) electrons. The van der Waals surface area contributed by atoms with Gasteiger partial charge in [0.15, 0.2) is 5.16 Å². The lowest BCUT2D eigenvalue weighted by atomic mass is 10.1. The van der Waals surface area contributed by atoms with E-state index in [0.29, 0.717) is 16.8 Å². The number of carbonyl (C=O) groups excluding carboxylic acids is 3. The normalized spacial score (nSPS) is 10.4. The second-order valence-electron chi connectivity index (χ2n) is 6.31. The van der Waals surface area contributed by atoms with Crippen molar-refractivity contribution in [1.82, 2.24) is 14.9 Å². The average molecular weight is 423 g/mol. The Morgan fingerprint density at radius 2 is 1.90 bits per heavy atom. The van der Waals surface area contributed by atoms with Gasteiger partial charge in [0.2, 0.25) is 5.91 Å². The Bertz CT molecular complexity index is 1080. The molecule has 0 saturated heterocycles. The van der Waals surface area contributed by atoms with Crippen LogP contribution in [0.25, 0.3) is 5.69 Å². The van der Waals surface area contributed by atoms with E-state index in [1.165, 1.54) is 11.8 Å². The van der Waals surface area contributed by atoms with Gasteiger partial charge in [-0.05, 0) is 36.6 Å². The van der Waals surface area contributed by atoms with E-state index < -0.39 is 11.8 Å². The largest absolute Gasteiger partial charge is 0.370 e. The van der Waals surface area contributed by atoms with Crippen molar-refractivity contribution in [1.29, 1.82) is 0 Å². The van der Waals surface area contributed by atoms with Gasteiger partial charge in [-0.2, -0.15) is 0 Å². The summed E-state index contributed by atoms with van der Waals surface area (Å²) in [6.07, 6.45) is 5.50. The number of rotatable bonds is 8. The molecule has 1 heterocycles. The van der Waals surface area contributed by atoms with Gasteiger partial charge in [0, 0.05) is 36.6 Å². The third kappa shape index (κ3) is 5.06. The first-order valence-corrected chi connectivity index (χ1v) is 10.4. The molecule has 0 aliphatic rings. The third-order valence-corrected chi connectivity index (χ3v) is 4.92. The number of nitrogens with zero attached hydrogens (tertiary/aromatic N) is 2. The minimum atomic E-state index is -0.501. The number of carbonyl (C=O) groups is 3. The van der Waals surface area contributed by atoms with Gasteiger partial charge in [0.25, 0.3) is 11.8 Å². The summed E-state index contributed by atoms with van der Waals surface area (Å²) in [5, 5.41) is 6.22. The molecule has 4 N–H and O–H groups in total. The molecule has 0 unspecified atom stereocenters. The second-order valence-corrected chi connectivity index (χ2v) is 7.08. The first kappa shape index (κ1) is 21.1. The molecule has 0 atom stereocenters. The van der Waals surface area contributed by atoms with Crippen LogP contribution in [0.2, 0.25) is 0 Å². The van der Waals surface area contributed by atoms with Crippen molar-refractivity contribution in [3.8, 4) is 5.69 Å². The number of para-hydroxylation sites is 1. The van der Waals surface area contributed by atoms with Crippen molar-refractivity contribution < 1.29 is 14.4 Å². The van der Waals surface area contributed by atoms with Crippen LogP contribution < -0.4 is 16.4 Å². The molecule has 2 aromatic carbocycles. The zero-order valence-electron chi connectivity index (χ0n) is 16.3. The van der Waals surface area contributed by atoms with Crippen LogP contribution >= 0.6 is 11.8 Å². The molecule has 3 rings (SSSR count). The van der Waals surface area contributed by atoms with E-state index in [4.69, 9.17) is 5.73 Å². The Labute approximate surface area is 177 Å². The van der Waals surface area contributed by atoms with Gasteiger partial charge < -0.3 is 16.4 Å². The molecule has 154 valence electrons. The van der Waals surface area contributed by atoms with Gasteiger partial charge in [0.05, 0.1) is 11.3 Å². The molecule has 3 amide bonds. The number of benzene rings is 2. The summed E-state index contributed by atoms with van der Waals surface area (Å²) >= 11 is 1.51. The highest BCUT2D eigenvalue weighted by Crippen LogP contribution is 2.20. The summed E-state index contributed by atoms with van der Waals surface area (Å²) in [6.45, 7) is 0.126. The summed E-state index contributed by atoms with van der Waals surface area (Å²) in [4.78, 5) is 40.4. The first-order chi connectivity index (χ1) is 14.5. The fourth-order valence-electron chi connectivity index (χ4n) is 2.81. The van der Waals surface area contributed by atoms with Crippen molar-refractivity contribution in [2.75, 3.05) is 18.1 Å². The summed E-state index contributed by atoms with van der Waals surface area (Å²) < 4.78 is 1.89. The fourth-order valence-corrected chi connectivity index (χ4v) is 3.34. The zero-order chi connectivity index (χ0) is 21.5. The standard InChI is InChI=1S/C21H21N5O3S/c1-30-21-24-11-12-26(21)15-6-4-5-14(13-15)19(28)25-17-8-3-2-7-16(17)20(29)23-10-9-18(22)27/h2-8,11-13H,9-10H2,1H3,(H2,22,27)(H,23,29)(H,25,28).